The Morgan fingerprint density at radius 3 is 2.20 bits per heavy atom. The SMILES string of the molecule is O=C(Cc1nnc(NC(=O)Nc2ccccc2)s1)NN=Cc1c2ccccc2cc2ccccc12. The van der Waals surface area contributed by atoms with Crippen molar-refractivity contribution in [3.63, 3.8) is 0 Å². The third-order valence-electron chi connectivity index (χ3n) is 5.23. The summed E-state index contributed by atoms with van der Waals surface area (Å²) in [4.78, 5) is 24.5. The molecule has 0 fully saturated rings. The van der Waals surface area contributed by atoms with Gasteiger partial charge in [0.1, 0.15) is 5.01 Å². The van der Waals surface area contributed by atoms with E-state index in [-0.39, 0.29) is 12.3 Å². The average Bonchev–Trinajstić information content (AvgIpc) is 3.30. The number of urea groups is 1. The zero-order valence-electron chi connectivity index (χ0n) is 18.4. The number of hydrogen-bond donors (Lipinski definition) is 3. The van der Waals surface area contributed by atoms with E-state index in [0.717, 1.165) is 38.4 Å². The van der Waals surface area contributed by atoms with E-state index in [1.54, 1.807) is 18.3 Å². The van der Waals surface area contributed by atoms with Crippen LogP contribution in [0.5, 0.6) is 0 Å². The van der Waals surface area contributed by atoms with Gasteiger partial charge in [0.05, 0.1) is 12.6 Å². The van der Waals surface area contributed by atoms with E-state index < -0.39 is 6.03 Å². The summed E-state index contributed by atoms with van der Waals surface area (Å²) in [5.74, 6) is -0.331. The van der Waals surface area contributed by atoms with Crippen LogP contribution in [0.1, 0.15) is 10.6 Å². The van der Waals surface area contributed by atoms with Crippen LogP contribution < -0.4 is 16.1 Å². The fourth-order valence-corrected chi connectivity index (χ4v) is 4.42. The van der Waals surface area contributed by atoms with Gasteiger partial charge in [-0.25, -0.2) is 10.2 Å². The van der Waals surface area contributed by atoms with Crippen molar-refractivity contribution in [2.45, 2.75) is 6.42 Å². The summed E-state index contributed by atoms with van der Waals surface area (Å²) in [5.41, 5.74) is 4.16. The molecule has 35 heavy (non-hydrogen) atoms. The van der Waals surface area contributed by atoms with E-state index >= 15 is 0 Å². The summed E-state index contributed by atoms with van der Waals surface area (Å²) < 4.78 is 0. The number of rotatable bonds is 6. The Hall–Kier alpha value is -4.63. The smallest absolute Gasteiger partial charge is 0.308 e. The van der Waals surface area contributed by atoms with Gasteiger partial charge in [0, 0.05) is 11.3 Å². The van der Waals surface area contributed by atoms with Crippen LogP contribution >= 0.6 is 11.3 Å². The molecule has 0 saturated carbocycles. The summed E-state index contributed by atoms with van der Waals surface area (Å²) in [5, 5.41) is 22.5. The maximum Gasteiger partial charge on any atom is 0.325 e. The Morgan fingerprint density at radius 2 is 1.49 bits per heavy atom. The Balaban J connectivity index is 1.22. The minimum Gasteiger partial charge on any atom is -0.308 e. The molecule has 1 aromatic heterocycles. The van der Waals surface area contributed by atoms with Crippen LogP contribution in [0.15, 0.2) is 90.0 Å². The minimum absolute atomic E-state index is 0.00667. The molecule has 3 N–H and O–H groups in total. The van der Waals surface area contributed by atoms with Crippen LogP contribution in [-0.2, 0) is 11.2 Å². The fourth-order valence-electron chi connectivity index (χ4n) is 3.69. The molecule has 0 aliphatic heterocycles. The number of para-hydroxylation sites is 1. The molecule has 4 aromatic carbocycles. The Bertz CT molecular complexity index is 1490. The Morgan fingerprint density at radius 1 is 0.829 bits per heavy atom. The lowest BCUT2D eigenvalue weighted by Gasteiger charge is -2.07. The maximum absolute atomic E-state index is 12.4. The molecule has 1 heterocycles. The van der Waals surface area contributed by atoms with Gasteiger partial charge in [0.25, 0.3) is 0 Å². The van der Waals surface area contributed by atoms with Gasteiger partial charge in [-0.2, -0.15) is 5.10 Å². The van der Waals surface area contributed by atoms with Gasteiger partial charge in [0.15, 0.2) is 0 Å². The molecule has 0 saturated heterocycles. The molecule has 0 radical (unpaired) electrons. The van der Waals surface area contributed by atoms with E-state index in [0.29, 0.717) is 15.8 Å². The van der Waals surface area contributed by atoms with Gasteiger partial charge < -0.3 is 5.32 Å². The number of carbonyl (C=O) groups is 2. The number of hydrazone groups is 1. The van der Waals surface area contributed by atoms with Crippen molar-refractivity contribution in [3.8, 4) is 0 Å². The molecule has 0 unspecified atom stereocenters. The second kappa shape index (κ2) is 10.1. The molecule has 0 spiro atoms. The fraction of sp³-hybridized carbons (Fsp3) is 0.0385. The molecule has 0 aliphatic rings. The number of nitrogens with one attached hydrogen (secondary N) is 3. The highest BCUT2D eigenvalue weighted by atomic mass is 32.1. The van der Waals surface area contributed by atoms with Crippen molar-refractivity contribution in [3.05, 3.63) is 95.5 Å². The highest BCUT2D eigenvalue weighted by molar-refractivity contribution is 7.15. The van der Waals surface area contributed by atoms with Crippen LogP contribution in [0.2, 0.25) is 0 Å². The van der Waals surface area contributed by atoms with Crippen molar-refractivity contribution in [2.24, 2.45) is 5.10 Å². The summed E-state index contributed by atoms with van der Waals surface area (Å²) in [6.45, 7) is 0. The second-order valence-electron chi connectivity index (χ2n) is 7.65. The topological polar surface area (TPSA) is 108 Å². The predicted molar refractivity (Wildman–Crippen MR) is 140 cm³/mol. The first kappa shape index (κ1) is 22.2. The predicted octanol–water partition coefficient (Wildman–Crippen LogP) is 5.18. The van der Waals surface area contributed by atoms with Crippen LogP contribution in [0.3, 0.4) is 0 Å². The maximum atomic E-state index is 12.4. The normalized spacial score (nSPS) is 11.1. The number of benzene rings is 4. The molecule has 0 atom stereocenters. The number of carbonyl (C=O) groups excluding carboxylic acids is 2. The number of fused-ring (bicyclic) bond motifs is 2. The lowest BCUT2D eigenvalue weighted by molar-refractivity contribution is -0.120. The van der Waals surface area contributed by atoms with Crippen molar-refractivity contribution in [1.29, 1.82) is 0 Å². The molecule has 5 aromatic rings. The average molecular weight is 481 g/mol. The lowest BCUT2D eigenvalue weighted by Crippen LogP contribution is -2.19. The molecular formula is C26H20N6O2S. The Labute approximate surface area is 204 Å². The number of anilines is 2. The zero-order chi connectivity index (χ0) is 24.0. The Kier molecular flexibility index (Phi) is 6.40. The monoisotopic (exact) mass is 480 g/mol. The van der Waals surface area contributed by atoms with Crippen LogP contribution in [0, 0.1) is 0 Å². The van der Waals surface area contributed by atoms with Crippen LogP contribution in [0.4, 0.5) is 15.6 Å². The van der Waals surface area contributed by atoms with Gasteiger partial charge >= 0.3 is 6.03 Å². The summed E-state index contributed by atoms with van der Waals surface area (Å²) in [6.07, 6.45) is 1.66. The van der Waals surface area contributed by atoms with Crippen LogP contribution in [0.25, 0.3) is 21.5 Å². The van der Waals surface area contributed by atoms with E-state index in [4.69, 9.17) is 0 Å². The number of hydrogen-bond acceptors (Lipinski definition) is 6. The lowest BCUT2D eigenvalue weighted by atomic mass is 9.97. The summed E-state index contributed by atoms with van der Waals surface area (Å²) in [7, 11) is 0. The zero-order valence-corrected chi connectivity index (χ0v) is 19.3. The highest BCUT2D eigenvalue weighted by Crippen LogP contribution is 2.27. The minimum atomic E-state index is -0.435. The quantitative estimate of drug-likeness (QED) is 0.177. The molecule has 0 bridgehead atoms. The van der Waals surface area contributed by atoms with Crippen molar-refractivity contribution in [1.82, 2.24) is 15.6 Å². The molecular weight excluding hydrogens is 460 g/mol. The summed E-state index contributed by atoms with van der Waals surface area (Å²) >= 11 is 1.13. The van der Waals surface area contributed by atoms with Crippen molar-refractivity contribution < 1.29 is 9.59 Å². The van der Waals surface area contributed by atoms with Gasteiger partial charge in [-0.05, 0) is 39.7 Å². The van der Waals surface area contributed by atoms with Crippen molar-refractivity contribution in [2.75, 3.05) is 10.6 Å². The van der Waals surface area contributed by atoms with Crippen molar-refractivity contribution >= 4 is 61.9 Å². The van der Waals surface area contributed by atoms with Gasteiger partial charge in [-0.15, -0.1) is 10.2 Å². The van der Waals surface area contributed by atoms with E-state index in [2.05, 4.69) is 49.6 Å². The largest absolute Gasteiger partial charge is 0.325 e. The third-order valence-corrected chi connectivity index (χ3v) is 6.07. The molecule has 5 rings (SSSR count). The molecule has 9 heteroatoms. The first-order valence-electron chi connectivity index (χ1n) is 10.8. The van der Waals surface area contributed by atoms with Gasteiger partial charge in [-0.3, -0.25) is 10.1 Å². The van der Waals surface area contributed by atoms with Gasteiger partial charge in [0.2, 0.25) is 11.0 Å². The third kappa shape index (κ3) is 5.31. The van der Waals surface area contributed by atoms with E-state index in [1.165, 1.54) is 0 Å². The standard InChI is InChI=1S/C26H20N6O2S/c33-23(15-24-31-32-26(35-24)29-25(34)28-19-10-2-1-3-11-19)30-27-16-22-20-12-6-4-8-17(20)14-18-9-5-7-13-21(18)22/h1-14,16H,15H2,(H,30,33)(H2,28,29,32,34). The first-order valence-corrected chi connectivity index (χ1v) is 11.7. The second-order valence-corrected chi connectivity index (χ2v) is 8.71. The van der Waals surface area contributed by atoms with E-state index in [1.807, 2.05) is 54.6 Å². The molecule has 172 valence electrons. The summed E-state index contributed by atoms with van der Waals surface area (Å²) in [6, 6.07) is 26.9. The number of nitrogens with zero attached hydrogens (tertiary/aromatic N) is 3. The number of aromatic nitrogens is 2. The van der Waals surface area contributed by atoms with Gasteiger partial charge in [-0.1, -0.05) is 78.1 Å². The number of amides is 3. The van der Waals surface area contributed by atoms with E-state index in [9.17, 15) is 9.59 Å². The first-order chi connectivity index (χ1) is 17.2. The highest BCUT2D eigenvalue weighted by Gasteiger charge is 2.12. The molecule has 0 aliphatic carbocycles. The van der Waals surface area contributed by atoms with Crippen LogP contribution in [-0.4, -0.2) is 28.4 Å². The molecule has 3 amide bonds. The molecule has 8 nitrogen and oxygen atoms in total.